The summed E-state index contributed by atoms with van der Waals surface area (Å²) in [7, 11) is 3.53. The van der Waals surface area contributed by atoms with E-state index in [0.717, 1.165) is 12.8 Å². The third-order valence-corrected chi connectivity index (χ3v) is 6.78. The topological polar surface area (TPSA) is 64.4 Å². The molecule has 0 spiro atoms. The maximum Gasteiger partial charge on any atom is 0.262 e. The molecule has 158 valence electrons. The van der Waals surface area contributed by atoms with Gasteiger partial charge in [-0.05, 0) is 38.8 Å². The Hall–Kier alpha value is -1.86. The van der Waals surface area contributed by atoms with Crippen LogP contribution in [0.2, 0.25) is 0 Å². The molecule has 0 saturated heterocycles. The smallest absolute Gasteiger partial charge is 0.262 e. The van der Waals surface area contributed by atoms with E-state index in [4.69, 9.17) is 9.72 Å². The van der Waals surface area contributed by atoms with Crippen molar-refractivity contribution in [2.24, 2.45) is 0 Å². The zero-order valence-electron chi connectivity index (χ0n) is 17.8. The molecule has 1 aliphatic carbocycles. The Morgan fingerprint density at radius 1 is 1.28 bits per heavy atom. The molecule has 3 rings (SSSR count). The van der Waals surface area contributed by atoms with Gasteiger partial charge in [-0.2, -0.15) is 0 Å². The average Bonchev–Trinajstić information content (AvgIpc) is 2.73. The summed E-state index contributed by atoms with van der Waals surface area (Å²) in [6.07, 6.45) is 5.77. The van der Waals surface area contributed by atoms with E-state index in [-0.39, 0.29) is 22.8 Å². The van der Waals surface area contributed by atoms with Crippen molar-refractivity contribution >= 4 is 28.6 Å². The van der Waals surface area contributed by atoms with Gasteiger partial charge in [0.1, 0.15) is 0 Å². The minimum Gasteiger partial charge on any atom is -0.383 e. The van der Waals surface area contributed by atoms with Crippen molar-refractivity contribution in [2.45, 2.75) is 68.4 Å². The number of nitrogens with zero attached hydrogens (tertiary/aromatic N) is 3. The monoisotopic (exact) mass is 417 g/mol. The van der Waals surface area contributed by atoms with E-state index < -0.39 is 0 Å². The molecular formula is C22H31N3O3S. The van der Waals surface area contributed by atoms with Crippen molar-refractivity contribution in [2.75, 3.05) is 20.8 Å². The van der Waals surface area contributed by atoms with Crippen LogP contribution in [0.3, 0.4) is 0 Å². The fourth-order valence-corrected chi connectivity index (χ4v) is 5.17. The van der Waals surface area contributed by atoms with E-state index in [9.17, 15) is 9.59 Å². The number of methoxy groups -OCH3 is 1. The van der Waals surface area contributed by atoms with Crippen LogP contribution in [0.25, 0.3) is 10.9 Å². The first-order valence-electron chi connectivity index (χ1n) is 10.4. The molecule has 1 aromatic carbocycles. The first kappa shape index (κ1) is 21.8. The highest BCUT2D eigenvalue weighted by Crippen LogP contribution is 2.28. The number of carbonyl (C=O) groups is 1. The molecule has 1 amide bonds. The summed E-state index contributed by atoms with van der Waals surface area (Å²) < 4.78 is 6.95. The Kier molecular flexibility index (Phi) is 7.35. The van der Waals surface area contributed by atoms with Gasteiger partial charge in [0.05, 0.1) is 28.8 Å². The number of amides is 1. The molecule has 6 nitrogen and oxygen atoms in total. The van der Waals surface area contributed by atoms with Crippen LogP contribution in [0.1, 0.15) is 52.0 Å². The highest BCUT2D eigenvalue weighted by Gasteiger charge is 2.28. The Bertz CT molecular complexity index is 908. The fraction of sp³-hybridized carbons (Fsp3) is 0.591. The number of fused-ring (bicyclic) bond motifs is 1. The predicted molar refractivity (Wildman–Crippen MR) is 118 cm³/mol. The Morgan fingerprint density at radius 2 is 1.97 bits per heavy atom. The van der Waals surface area contributed by atoms with Gasteiger partial charge in [-0.25, -0.2) is 4.98 Å². The van der Waals surface area contributed by atoms with Gasteiger partial charge in [-0.3, -0.25) is 14.2 Å². The average molecular weight is 418 g/mol. The summed E-state index contributed by atoms with van der Waals surface area (Å²) in [4.78, 5) is 32.9. The standard InChI is InChI=1S/C22H31N3O3S/c1-15(14-28-4)25-21(27)18-12-8-9-13-19(18)23-22(25)29-16(2)20(26)24(3)17-10-6-5-7-11-17/h8-9,12-13,15-17H,5-7,10-11,14H2,1-4H3. The molecule has 1 saturated carbocycles. The van der Waals surface area contributed by atoms with E-state index in [0.29, 0.717) is 28.7 Å². The van der Waals surface area contributed by atoms with Crippen molar-refractivity contribution in [1.82, 2.24) is 14.5 Å². The number of para-hydroxylation sites is 1. The van der Waals surface area contributed by atoms with Gasteiger partial charge in [-0.15, -0.1) is 0 Å². The maximum absolute atomic E-state index is 13.2. The SMILES string of the molecule is COCC(C)n1c(SC(C)C(=O)N(C)C2CCCCC2)nc2ccccc2c1=O. The van der Waals surface area contributed by atoms with Crippen LogP contribution in [0.15, 0.2) is 34.2 Å². The highest BCUT2D eigenvalue weighted by molar-refractivity contribution is 8.00. The number of thioether (sulfide) groups is 1. The lowest BCUT2D eigenvalue weighted by atomic mass is 9.94. The number of ether oxygens (including phenoxy) is 1. The van der Waals surface area contributed by atoms with Gasteiger partial charge in [0, 0.05) is 20.2 Å². The first-order chi connectivity index (χ1) is 13.9. The highest BCUT2D eigenvalue weighted by atomic mass is 32.2. The largest absolute Gasteiger partial charge is 0.383 e. The van der Waals surface area contributed by atoms with Crippen molar-refractivity contribution in [3.63, 3.8) is 0 Å². The third kappa shape index (κ3) is 4.83. The minimum atomic E-state index is -0.323. The van der Waals surface area contributed by atoms with E-state index in [1.807, 2.05) is 44.0 Å². The second kappa shape index (κ2) is 9.76. The molecular weight excluding hydrogens is 386 g/mol. The van der Waals surface area contributed by atoms with Crippen LogP contribution >= 0.6 is 11.8 Å². The molecule has 2 aromatic rings. The second-order valence-corrected chi connectivity index (χ2v) is 9.20. The summed E-state index contributed by atoms with van der Waals surface area (Å²) in [5, 5.41) is 0.824. The lowest BCUT2D eigenvalue weighted by Gasteiger charge is -2.33. The fourth-order valence-electron chi connectivity index (χ4n) is 4.06. The van der Waals surface area contributed by atoms with Gasteiger partial charge >= 0.3 is 0 Å². The van der Waals surface area contributed by atoms with Gasteiger partial charge in [0.15, 0.2) is 5.16 Å². The summed E-state index contributed by atoms with van der Waals surface area (Å²) in [6, 6.07) is 7.49. The van der Waals surface area contributed by atoms with Crippen molar-refractivity contribution in [3.8, 4) is 0 Å². The summed E-state index contributed by atoms with van der Waals surface area (Å²) in [5.41, 5.74) is 0.559. The van der Waals surface area contributed by atoms with Crippen molar-refractivity contribution in [1.29, 1.82) is 0 Å². The van der Waals surface area contributed by atoms with Gasteiger partial charge < -0.3 is 9.64 Å². The number of carbonyl (C=O) groups excluding carboxylic acids is 1. The molecule has 1 aromatic heterocycles. The molecule has 1 heterocycles. The predicted octanol–water partition coefficient (Wildman–Crippen LogP) is 3.88. The number of hydrogen-bond acceptors (Lipinski definition) is 5. The number of rotatable bonds is 7. The van der Waals surface area contributed by atoms with Crippen molar-refractivity contribution < 1.29 is 9.53 Å². The quantitative estimate of drug-likeness (QED) is 0.505. The van der Waals surface area contributed by atoms with Gasteiger partial charge in [0.2, 0.25) is 5.91 Å². The van der Waals surface area contributed by atoms with Crippen LogP contribution in [-0.2, 0) is 9.53 Å². The molecule has 0 aliphatic heterocycles. The van der Waals surface area contributed by atoms with Gasteiger partial charge in [0.25, 0.3) is 5.56 Å². The molecule has 0 bridgehead atoms. The molecule has 7 heteroatoms. The zero-order chi connectivity index (χ0) is 21.0. The number of hydrogen-bond donors (Lipinski definition) is 0. The maximum atomic E-state index is 13.2. The van der Waals surface area contributed by atoms with E-state index in [2.05, 4.69) is 0 Å². The molecule has 2 atom stereocenters. The molecule has 29 heavy (non-hydrogen) atoms. The van der Waals surface area contributed by atoms with Crippen LogP contribution in [-0.4, -0.2) is 52.4 Å². The molecule has 0 radical (unpaired) electrons. The Morgan fingerprint density at radius 3 is 2.66 bits per heavy atom. The normalized spacial score (nSPS) is 17.2. The summed E-state index contributed by atoms with van der Waals surface area (Å²) in [6.45, 7) is 4.24. The Balaban J connectivity index is 1.90. The Labute approximate surface area is 176 Å². The molecule has 0 N–H and O–H groups in total. The number of benzene rings is 1. The first-order valence-corrected chi connectivity index (χ1v) is 11.3. The van der Waals surface area contributed by atoms with Gasteiger partial charge in [-0.1, -0.05) is 43.2 Å². The van der Waals surface area contributed by atoms with E-state index in [1.54, 1.807) is 17.7 Å². The lowest BCUT2D eigenvalue weighted by molar-refractivity contribution is -0.131. The van der Waals surface area contributed by atoms with E-state index >= 15 is 0 Å². The molecule has 1 fully saturated rings. The van der Waals surface area contributed by atoms with Crippen LogP contribution < -0.4 is 5.56 Å². The van der Waals surface area contributed by atoms with Crippen LogP contribution in [0, 0.1) is 0 Å². The second-order valence-electron chi connectivity index (χ2n) is 7.89. The molecule has 2 unspecified atom stereocenters. The summed E-state index contributed by atoms with van der Waals surface area (Å²) >= 11 is 1.36. The van der Waals surface area contributed by atoms with E-state index in [1.165, 1.54) is 31.0 Å². The molecule has 1 aliphatic rings. The third-order valence-electron chi connectivity index (χ3n) is 5.72. The van der Waals surface area contributed by atoms with Crippen molar-refractivity contribution in [3.05, 3.63) is 34.6 Å². The minimum absolute atomic E-state index is 0.0928. The van der Waals surface area contributed by atoms with Crippen LogP contribution in [0.4, 0.5) is 0 Å². The van der Waals surface area contributed by atoms with Crippen LogP contribution in [0.5, 0.6) is 0 Å². The zero-order valence-corrected chi connectivity index (χ0v) is 18.6. The summed E-state index contributed by atoms with van der Waals surface area (Å²) in [5.74, 6) is 0.0928. The lowest BCUT2D eigenvalue weighted by Crippen LogP contribution is -2.42. The number of aromatic nitrogens is 2.